The Morgan fingerprint density at radius 1 is 1.04 bits per heavy atom. The van der Waals surface area contributed by atoms with E-state index >= 15 is 0 Å². The van der Waals surface area contributed by atoms with Gasteiger partial charge in [0.05, 0.1) is 18.1 Å². The number of amides is 2. The third-order valence-corrected chi connectivity index (χ3v) is 6.51. The fourth-order valence-corrected chi connectivity index (χ4v) is 4.89. The molecule has 2 amide bonds. The first kappa shape index (κ1) is 18.6. The van der Waals surface area contributed by atoms with Crippen LogP contribution in [0.5, 0.6) is 0 Å². The molecule has 27 heavy (non-hydrogen) atoms. The third kappa shape index (κ3) is 4.38. The molecular formula is C21H26N2O3S. The predicted molar refractivity (Wildman–Crippen MR) is 109 cm³/mol. The molecule has 6 heteroatoms. The van der Waals surface area contributed by atoms with E-state index in [2.05, 4.69) is 17.0 Å². The minimum absolute atomic E-state index is 0.123. The summed E-state index contributed by atoms with van der Waals surface area (Å²) in [7, 11) is 0. The van der Waals surface area contributed by atoms with Gasteiger partial charge in [0.1, 0.15) is 0 Å². The van der Waals surface area contributed by atoms with Crippen molar-refractivity contribution < 1.29 is 14.3 Å². The van der Waals surface area contributed by atoms with E-state index in [-0.39, 0.29) is 11.1 Å². The van der Waals surface area contributed by atoms with Crippen molar-refractivity contribution in [3.05, 3.63) is 34.7 Å². The second-order valence-electron chi connectivity index (χ2n) is 7.49. The van der Waals surface area contributed by atoms with Crippen molar-refractivity contribution in [3.8, 4) is 0 Å². The van der Waals surface area contributed by atoms with Crippen LogP contribution in [0.2, 0.25) is 0 Å². The molecule has 144 valence electrons. The quantitative estimate of drug-likeness (QED) is 0.728. The molecule has 0 radical (unpaired) electrons. The lowest BCUT2D eigenvalue weighted by Gasteiger charge is -2.28. The molecule has 1 aromatic rings. The summed E-state index contributed by atoms with van der Waals surface area (Å²) >= 11 is 1.07. The lowest BCUT2D eigenvalue weighted by Crippen LogP contribution is -2.36. The van der Waals surface area contributed by atoms with Crippen molar-refractivity contribution in [2.75, 3.05) is 37.7 Å². The van der Waals surface area contributed by atoms with Crippen LogP contribution in [0.1, 0.15) is 37.7 Å². The Bertz CT molecular complexity index is 719. The van der Waals surface area contributed by atoms with E-state index in [0.29, 0.717) is 17.4 Å². The second kappa shape index (κ2) is 8.48. The van der Waals surface area contributed by atoms with E-state index in [1.54, 1.807) is 0 Å². The molecule has 0 aromatic heterocycles. The maximum absolute atomic E-state index is 12.7. The Balaban J connectivity index is 1.42. The van der Waals surface area contributed by atoms with Crippen LogP contribution in [0.4, 0.5) is 10.5 Å². The summed E-state index contributed by atoms with van der Waals surface area (Å²) < 4.78 is 5.39. The number of thioether (sulfide) groups is 1. The van der Waals surface area contributed by atoms with Crippen LogP contribution in [0.15, 0.2) is 29.2 Å². The van der Waals surface area contributed by atoms with Crippen molar-refractivity contribution >= 4 is 34.7 Å². The van der Waals surface area contributed by atoms with E-state index < -0.39 is 0 Å². The average molecular weight is 387 g/mol. The van der Waals surface area contributed by atoms with E-state index in [0.717, 1.165) is 56.5 Å². The maximum Gasteiger partial charge on any atom is 0.293 e. The van der Waals surface area contributed by atoms with Crippen LogP contribution in [0.25, 0.3) is 6.08 Å². The van der Waals surface area contributed by atoms with Crippen molar-refractivity contribution in [2.45, 2.75) is 32.1 Å². The Hall–Kier alpha value is -1.79. The number of ether oxygens (including phenoxy) is 1. The molecule has 4 rings (SSSR count). The van der Waals surface area contributed by atoms with Crippen LogP contribution >= 0.6 is 11.8 Å². The Morgan fingerprint density at radius 2 is 1.74 bits per heavy atom. The lowest BCUT2D eigenvalue weighted by molar-refractivity contribution is -0.123. The van der Waals surface area contributed by atoms with Gasteiger partial charge in [0, 0.05) is 25.3 Å². The van der Waals surface area contributed by atoms with Gasteiger partial charge >= 0.3 is 0 Å². The number of nitrogens with zero attached hydrogens (tertiary/aromatic N) is 2. The first-order chi connectivity index (χ1) is 13.2. The summed E-state index contributed by atoms with van der Waals surface area (Å²) in [6.07, 6.45) is 7.81. The minimum Gasteiger partial charge on any atom is -0.378 e. The summed E-state index contributed by atoms with van der Waals surface area (Å²) in [4.78, 5) is 29.3. The molecule has 2 heterocycles. The van der Waals surface area contributed by atoms with Gasteiger partial charge in [-0.15, -0.1) is 0 Å². The molecule has 1 saturated carbocycles. The van der Waals surface area contributed by atoms with Gasteiger partial charge < -0.3 is 9.64 Å². The molecular weight excluding hydrogens is 360 g/mol. The number of rotatable bonds is 4. The number of morpholine rings is 1. The number of carbonyl (C=O) groups excluding carboxylic acids is 2. The molecule has 2 saturated heterocycles. The van der Waals surface area contributed by atoms with Gasteiger partial charge in [-0.3, -0.25) is 14.5 Å². The molecule has 1 aromatic carbocycles. The van der Waals surface area contributed by atoms with Crippen molar-refractivity contribution in [1.82, 2.24) is 4.90 Å². The van der Waals surface area contributed by atoms with Crippen molar-refractivity contribution in [2.24, 2.45) is 5.92 Å². The zero-order valence-electron chi connectivity index (χ0n) is 15.6. The zero-order chi connectivity index (χ0) is 18.6. The smallest absolute Gasteiger partial charge is 0.293 e. The highest BCUT2D eigenvalue weighted by atomic mass is 32.2. The minimum atomic E-state index is -0.132. The summed E-state index contributed by atoms with van der Waals surface area (Å²) in [5, 5.41) is -0.123. The summed E-state index contributed by atoms with van der Waals surface area (Å²) in [6, 6.07) is 8.17. The molecule has 0 N–H and O–H groups in total. The van der Waals surface area contributed by atoms with Gasteiger partial charge in [-0.1, -0.05) is 31.4 Å². The standard InChI is InChI=1S/C21H26N2O3S/c24-20-19(27-21(25)23(20)15-17-4-2-1-3-5-17)14-16-6-8-18(9-7-16)22-10-12-26-13-11-22/h6-9,14,17H,1-5,10-13,15H2/b19-14+. The molecule has 3 aliphatic rings. The number of anilines is 1. The fraction of sp³-hybridized carbons (Fsp3) is 0.524. The summed E-state index contributed by atoms with van der Waals surface area (Å²) in [5.74, 6) is 0.340. The molecule has 0 atom stereocenters. The van der Waals surface area contributed by atoms with E-state index in [1.165, 1.54) is 29.8 Å². The predicted octanol–water partition coefficient (Wildman–Crippen LogP) is 4.14. The fourth-order valence-electron chi connectivity index (χ4n) is 4.04. The number of carbonyl (C=O) groups is 2. The Labute approximate surface area is 164 Å². The van der Waals surface area contributed by atoms with Crippen LogP contribution in [0, 0.1) is 5.92 Å². The third-order valence-electron chi connectivity index (χ3n) is 5.61. The SMILES string of the molecule is O=C1S/C(=C/c2ccc(N3CCOCC3)cc2)C(=O)N1CC1CCCCC1. The maximum atomic E-state index is 12.7. The summed E-state index contributed by atoms with van der Waals surface area (Å²) in [5.41, 5.74) is 2.12. The Morgan fingerprint density at radius 3 is 2.44 bits per heavy atom. The molecule has 1 aliphatic carbocycles. The second-order valence-corrected chi connectivity index (χ2v) is 8.48. The van der Waals surface area contributed by atoms with Gasteiger partial charge in [-0.25, -0.2) is 0 Å². The monoisotopic (exact) mass is 386 g/mol. The molecule has 0 bridgehead atoms. The number of imide groups is 1. The van der Waals surface area contributed by atoms with Gasteiger partial charge in [-0.05, 0) is 54.3 Å². The van der Waals surface area contributed by atoms with Crippen LogP contribution in [-0.4, -0.2) is 48.9 Å². The van der Waals surface area contributed by atoms with E-state index in [9.17, 15) is 9.59 Å². The van der Waals surface area contributed by atoms with Crippen molar-refractivity contribution in [1.29, 1.82) is 0 Å². The molecule has 2 aliphatic heterocycles. The number of hydrogen-bond acceptors (Lipinski definition) is 5. The van der Waals surface area contributed by atoms with Gasteiger partial charge in [-0.2, -0.15) is 0 Å². The highest BCUT2D eigenvalue weighted by Gasteiger charge is 2.36. The van der Waals surface area contributed by atoms with Gasteiger partial charge in [0.25, 0.3) is 11.1 Å². The Kier molecular flexibility index (Phi) is 5.83. The van der Waals surface area contributed by atoms with Crippen LogP contribution < -0.4 is 4.90 Å². The topological polar surface area (TPSA) is 49.9 Å². The summed E-state index contributed by atoms with van der Waals surface area (Å²) in [6.45, 7) is 3.91. The normalized spacial score (nSPS) is 23.5. The van der Waals surface area contributed by atoms with Crippen molar-refractivity contribution in [3.63, 3.8) is 0 Å². The van der Waals surface area contributed by atoms with E-state index in [1.807, 2.05) is 18.2 Å². The van der Waals surface area contributed by atoms with E-state index in [4.69, 9.17) is 4.74 Å². The van der Waals surface area contributed by atoms with Crippen LogP contribution in [0.3, 0.4) is 0 Å². The zero-order valence-corrected chi connectivity index (χ0v) is 16.4. The average Bonchev–Trinajstić information content (AvgIpc) is 2.97. The lowest BCUT2D eigenvalue weighted by atomic mass is 9.89. The molecule has 5 nitrogen and oxygen atoms in total. The molecule has 0 unspecified atom stereocenters. The van der Waals surface area contributed by atoms with Crippen LogP contribution in [-0.2, 0) is 9.53 Å². The van der Waals surface area contributed by atoms with Gasteiger partial charge in [0.15, 0.2) is 0 Å². The first-order valence-electron chi connectivity index (χ1n) is 9.89. The first-order valence-corrected chi connectivity index (χ1v) is 10.7. The molecule has 0 spiro atoms. The number of benzene rings is 1. The van der Waals surface area contributed by atoms with Gasteiger partial charge in [0.2, 0.25) is 0 Å². The largest absolute Gasteiger partial charge is 0.378 e. The number of hydrogen-bond donors (Lipinski definition) is 0. The highest BCUT2D eigenvalue weighted by molar-refractivity contribution is 8.18. The molecule has 3 fully saturated rings. The highest BCUT2D eigenvalue weighted by Crippen LogP contribution is 2.35.